The zero-order valence-electron chi connectivity index (χ0n) is 18.5. The smallest absolute Gasteiger partial charge is 0.314 e. The van der Waals surface area contributed by atoms with Crippen LogP contribution in [0.4, 0.5) is 0 Å². The molecule has 1 saturated heterocycles. The first-order valence-electron chi connectivity index (χ1n) is 10.7. The molecule has 7 nitrogen and oxygen atoms in total. The lowest BCUT2D eigenvalue weighted by molar-refractivity contribution is -0.140. The Bertz CT molecular complexity index is 1230. The van der Waals surface area contributed by atoms with Crippen LogP contribution in [-0.2, 0) is 21.2 Å². The highest BCUT2D eigenvalue weighted by Crippen LogP contribution is 2.30. The molecule has 0 amide bonds. The Hall–Kier alpha value is -2.68. The van der Waals surface area contributed by atoms with Gasteiger partial charge in [-0.15, -0.1) is 0 Å². The second-order valence-corrected chi connectivity index (χ2v) is 10.5. The van der Waals surface area contributed by atoms with Crippen molar-refractivity contribution in [1.82, 2.24) is 9.46 Å². The Kier molecular flexibility index (Phi) is 6.88. The zero-order valence-corrected chi connectivity index (χ0v) is 20.0. The fourth-order valence-electron chi connectivity index (χ4n) is 4.10. The first kappa shape index (κ1) is 23.5. The summed E-state index contributed by atoms with van der Waals surface area (Å²) in [5, 5.41) is 4.32. The Morgan fingerprint density at radius 1 is 1.15 bits per heavy atom. The van der Waals surface area contributed by atoms with E-state index >= 15 is 0 Å². The summed E-state index contributed by atoms with van der Waals surface area (Å²) in [7, 11) is -3.72. The molecule has 1 aromatic heterocycles. The van der Waals surface area contributed by atoms with E-state index in [9.17, 15) is 13.2 Å². The fourth-order valence-corrected chi connectivity index (χ4v) is 6.05. The molecule has 0 saturated carbocycles. The molecule has 0 radical (unpaired) electrons. The molecule has 9 heteroatoms. The number of sulfonamides is 1. The van der Waals surface area contributed by atoms with Gasteiger partial charge in [-0.1, -0.05) is 47.1 Å². The molecule has 2 heterocycles. The van der Waals surface area contributed by atoms with Gasteiger partial charge in [0.25, 0.3) is 0 Å². The van der Waals surface area contributed by atoms with E-state index in [4.69, 9.17) is 20.9 Å². The second-order valence-electron chi connectivity index (χ2n) is 8.17. The van der Waals surface area contributed by atoms with Crippen molar-refractivity contribution in [3.63, 3.8) is 0 Å². The third-order valence-corrected chi connectivity index (χ3v) is 8.20. The van der Waals surface area contributed by atoms with Gasteiger partial charge in [0.15, 0.2) is 5.76 Å². The van der Waals surface area contributed by atoms with E-state index in [0.29, 0.717) is 35.7 Å². The number of piperidine rings is 1. The highest BCUT2D eigenvalue weighted by atomic mass is 35.5. The number of carbonyl (C=O) groups is 1. The summed E-state index contributed by atoms with van der Waals surface area (Å²) in [5.41, 5.74) is 2.23. The van der Waals surface area contributed by atoms with Crippen molar-refractivity contribution in [3.8, 4) is 5.75 Å². The van der Waals surface area contributed by atoms with E-state index < -0.39 is 10.0 Å². The van der Waals surface area contributed by atoms with Crippen molar-refractivity contribution in [1.29, 1.82) is 0 Å². The SMILES string of the molecule is Cc1noc(C)c1S(=O)(=O)N1CCC(C(=O)Oc2ccc(Cl)cc2Cc2ccccc2)CC1. The third kappa shape index (κ3) is 5.13. The number of rotatable bonds is 6. The summed E-state index contributed by atoms with van der Waals surface area (Å²) in [6.45, 7) is 3.64. The Morgan fingerprint density at radius 3 is 2.48 bits per heavy atom. The quantitative estimate of drug-likeness (QED) is 0.373. The predicted octanol–water partition coefficient (Wildman–Crippen LogP) is 4.54. The van der Waals surface area contributed by atoms with Gasteiger partial charge < -0.3 is 9.26 Å². The van der Waals surface area contributed by atoms with Crippen LogP contribution in [0.5, 0.6) is 5.75 Å². The van der Waals surface area contributed by atoms with Crippen LogP contribution in [0.25, 0.3) is 0 Å². The van der Waals surface area contributed by atoms with E-state index in [2.05, 4.69) is 5.16 Å². The molecule has 1 aliphatic heterocycles. The third-order valence-electron chi connectivity index (χ3n) is 5.82. The molecule has 174 valence electrons. The van der Waals surface area contributed by atoms with E-state index in [1.807, 2.05) is 30.3 Å². The summed E-state index contributed by atoms with van der Waals surface area (Å²) >= 11 is 6.18. The molecule has 1 fully saturated rings. The number of hydrogen-bond donors (Lipinski definition) is 0. The van der Waals surface area contributed by atoms with Crippen LogP contribution in [0.2, 0.25) is 5.02 Å². The monoisotopic (exact) mass is 488 g/mol. The standard InChI is InChI=1S/C24H25ClN2O5S/c1-16-23(17(2)32-26-16)33(29,30)27-12-10-19(11-13-27)24(28)31-22-9-8-21(25)15-20(22)14-18-6-4-3-5-7-18/h3-9,15,19H,10-14H2,1-2H3. The topological polar surface area (TPSA) is 89.7 Å². The molecule has 0 aliphatic carbocycles. The molecule has 4 rings (SSSR count). The van der Waals surface area contributed by atoms with Gasteiger partial charge in [-0.2, -0.15) is 4.31 Å². The van der Waals surface area contributed by atoms with Crippen LogP contribution in [-0.4, -0.2) is 36.9 Å². The summed E-state index contributed by atoms with van der Waals surface area (Å²) in [6.07, 6.45) is 1.34. The normalized spacial score (nSPS) is 15.5. The number of ether oxygens (including phenoxy) is 1. The van der Waals surface area contributed by atoms with E-state index in [1.54, 1.807) is 32.0 Å². The first-order chi connectivity index (χ1) is 15.8. The summed E-state index contributed by atoms with van der Waals surface area (Å²) in [5.74, 6) is -0.0101. The van der Waals surface area contributed by atoms with Gasteiger partial charge in [0.2, 0.25) is 10.0 Å². The number of halogens is 1. The lowest BCUT2D eigenvalue weighted by Gasteiger charge is -2.30. The molecule has 33 heavy (non-hydrogen) atoms. The zero-order chi connectivity index (χ0) is 23.6. The van der Waals surface area contributed by atoms with Crippen LogP contribution in [0.1, 0.15) is 35.4 Å². The van der Waals surface area contributed by atoms with Crippen LogP contribution in [0.15, 0.2) is 57.9 Å². The minimum absolute atomic E-state index is 0.107. The molecule has 0 bridgehead atoms. The maximum atomic E-state index is 13.0. The van der Waals surface area contributed by atoms with Crippen molar-refractivity contribution in [2.75, 3.05) is 13.1 Å². The number of nitrogens with zero attached hydrogens (tertiary/aromatic N) is 2. The van der Waals surface area contributed by atoms with Gasteiger partial charge in [0.1, 0.15) is 16.3 Å². The van der Waals surface area contributed by atoms with Crippen LogP contribution in [0.3, 0.4) is 0 Å². The summed E-state index contributed by atoms with van der Waals surface area (Å²) in [4.78, 5) is 13.0. The number of carbonyl (C=O) groups excluding carboxylic acids is 1. The van der Waals surface area contributed by atoms with E-state index in [-0.39, 0.29) is 35.6 Å². The van der Waals surface area contributed by atoms with E-state index in [1.165, 1.54) is 4.31 Å². The minimum atomic E-state index is -3.72. The summed E-state index contributed by atoms with van der Waals surface area (Å²) < 4.78 is 38.2. The maximum Gasteiger partial charge on any atom is 0.314 e. The molecular weight excluding hydrogens is 464 g/mol. The molecule has 0 unspecified atom stereocenters. The van der Waals surface area contributed by atoms with Gasteiger partial charge in [0, 0.05) is 30.1 Å². The van der Waals surface area contributed by atoms with Gasteiger partial charge in [-0.3, -0.25) is 4.79 Å². The predicted molar refractivity (Wildman–Crippen MR) is 124 cm³/mol. The van der Waals surface area contributed by atoms with Crippen molar-refractivity contribution < 1.29 is 22.5 Å². The highest BCUT2D eigenvalue weighted by Gasteiger charge is 2.36. The fraction of sp³-hybridized carbons (Fsp3) is 0.333. The number of hydrogen-bond acceptors (Lipinski definition) is 6. The Morgan fingerprint density at radius 2 is 1.85 bits per heavy atom. The Balaban J connectivity index is 1.43. The molecule has 0 N–H and O–H groups in total. The second kappa shape index (κ2) is 9.67. The molecule has 3 aromatic rings. The first-order valence-corrected chi connectivity index (χ1v) is 12.5. The lowest BCUT2D eigenvalue weighted by atomic mass is 9.98. The van der Waals surface area contributed by atoms with Crippen molar-refractivity contribution in [3.05, 3.63) is 76.1 Å². The molecule has 1 aliphatic rings. The average Bonchev–Trinajstić information content (AvgIpc) is 3.15. The van der Waals surface area contributed by atoms with Gasteiger partial charge in [-0.25, -0.2) is 8.42 Å². The van der Waals surface area contributed by atoms with Crippen molar-refractivity contribution >= 4 is 27.6 Å². The lowest BCUT2D eigenvalue weighted by Crippen LogP contribution is -2.41. The maximum absolute atomic E-state index is 13.0. The summed E-state index contributed by atoms with van der Waals surface area (Å²) in [6, 6.07) is 15.1. The number of aryl methyl sites for hydroxylation is 2. The van der Waals surface area contributed by atoms with Crippen LogP contribution in [0, 0.1) is 19.8 Å². The number of aromatic nitrogens is 1. The van der Waals surface area contributed by atoms with E-state index in [0.717, 1.165) is 11.1 Å². The Labute approximate surface area is 198 Å². The number of benzene rings is 2. The highest BCUT2D eigenvalue weighted by molar-refractivity contribution is 7.89. The van der Waals surface area contributed by atoms with Crippen LogP contribution >= 0.6 is 11.6 Å². The van der Waals surface area contributed by atoms with Crippen molar-refractivity contribution in [2.24, 2.45) is 5.92 Å². The molecule has 2 aromatic carbocycles. The van der Waals surface area contributed by atoms with Gasteiger partial charge in [0.05, 0.1) is 5.92 Å². The molecule has 0 atom stereocenters. The van der Waals surface area contributed by atoms with Crippen molar-refractivity contribution in [2.45, 2.75) is 38.0 Å². The molecule has 0 spiro atoms. The largest absolute Gasteiger partial charge is 0.426 e. The number of esters is 1. The molecular formula is C24H25ClN2O5S. The van der Waals surface area contributed by atoms with Gasteiger partial charge >= 0.3 is 5.97 Å². The van der Waals surface area contributed by atoms with Crippen LogP contribution < -0.4 is 4.74 Å². The minimum Gasteiger partial charge on any atom is -0.426 e. The average molecular weight is 489 g/mol. The van der Waals surface area contributed by atoms with Gasteiger partial charge in [-0.05, 0) is 50.5 Å².